The Morgan fingerprint density at radius 2 is 1.81 bits per heavy atom. The van der Waals surface area contributed by atoms with Crippen LogP contribution in [0.2, 0.25) is 0 Å². The Bertz CT molecular complexity index is 369. The number of hydrogen-bond donors (Lipinski definition) is 1. The fourth-order valence-electron chi connectivity index (χ4n) is 1.71. The number of rotatable bonds is 0. The lowest BCUT2D eigenvalue weighted by Crippen LogP contribution is -2.29. The maximum absolute atomic E-state index is 11.8. The Kier molecular flexibility index (Phi) is 4.11. The summed E-state index contributed by atoms with van der Waals surface area (Å²) in [6.45, 7) is 7.99. The molecule has 0 radical (unpaired) electrons. The van der Waals surface area contributed by atoms with Crippen molar-refractivity contribution in [2.45, 2.75) is 40.5 Å². The second-order valence-corrected chi connectivity index (χ2v) is 4.50. The van der Waals surface area contributed by atoms with E-state index in [0.29, 0.717) is 0 Å². The van der Waals surface area contributed by atoms with Gasteiger partial charge in [-0.05, 0) is 24.5 Å². The lowest BCUT2D eigenvalue weighted by Gasteiger charge is -2.19. The van der Waals surface area contributed by atoms with E-state index >= 15 is 0 Å². The van der Waals surface area contributed by atoms with E-state index in [9.17, 15) is 4.79 Å². The van der Waals surface area contributed by atoms with Crippen LogP contribution >= 0.6 is 0 Å². The van der Waals surface area contributed by atoms with Crippen LogP contribution in [0, 0.1) is 5.41 Å². The van der Waals surface area contributed by atoms with Gasteiger partial charge in [0.2, 0.25) is 5.91 Å². The van der Waals surface area contributed by atoms with Gasteiger partial charge < -0.3 is 5.32 Å². The first-order valence-corrected chi connectivity index (χ1v) is 5.99. The minimum atomic E-state index is -0.251. The number of benzene rings is 1. The molecule has 1 aromatic carbocycles. The van der Waals surface area contributed by atoms with Gasteiger partial charge in [-0.3, -0.25) is 4.79 Å². The van der Waals surface area contributed by atoms with Crippen molar-refractivity contribution in [1.82, 2.24) is 0 Å². The maximum atomic E-state index is 11.8. The van der Waals surface area contributed by atoms with Gasteiger partial charge in [0.1, 0.15) is 0 Å². The van der Waals surface area contributed by atoms with Gasteiger partial charge in [-0.2, -0.15) is 0 Å². The van der Waals surface area contributed by atoms with E-state index in [0.717, 1.165) is 18.5 Å². The SMILES string of the molecule is CC.CC1(C)CCc2ccccc2NC1=O. The summed E-state index contributed by atoms with van der Waals surface area (Å²) in [7, 11) is 0. The molecule has 1 aliphatic rings. The molecule has 0 saturated carbocycles. The topological polar surface area (TPSA) is 29.1 Å². The molecule has 16 heavy (non-hydrogen) atoms. The lowest BCUT2D eigenvalue weighted by molar-refractivity contribution is -0.124. The molecule has 2 rings (SSSR count). The summed E-state index contributed by atoms with van der Waals surface area (Å²) in [5.41, 5.74) is 1.97. The summed E-state index contributed by atoms with van der Waals surface area (Å²) >= 11 is 0. The molecule has 2 heteroatoms. The standard InChI is InChI=1S/C12H15NO.C2H6/c1-12(2)8-7-9-5-3-4-6-10(9)13-11(12)14;1-2/h3-6H,7-8H2,1-2H3,(H,13,14);1-2H3. The highest BCUT2D eigenvalue weighted by Crippen LogP contribution is 2.31. The molecular formula is C14H21NO. The third-order valence-corrected chi connectivity index (χ3v) is 2.90. The van der Waals surface area contributed by atoms with Crippen molar-refractivity contribution in [2.75, 3.05) is 5.32 Å². The van der Waals surface area contributed by atoms with E-state index < -0.39 is 0 Å². The van der Waals surface area contributed by atoms with Gasteiger partial charge in [0, 0.05) is 11.1 Å². The maximum Gasteiger partial charge on any atom is 0.230 e. The van der Waals surface area contributed by atoms with Crippen LogP contribution in [0.15, 0.2) is 24.3 Å². The van der Waals surface area contributed by atoms with E-state index in [1.54, 1.807) is 0 Å². The van der Waals surface area contributed by atoms with Crippen LogP contribution in [0.3, 0.4) is 0 Å². The van der Waals surface area contributed by atoms with Crippen LogP contribution in [0.1, 0.15) is 39.7 Å². The van der Waals surface area contributed by atoms with Gasteiger partial charge in [0.25, 0.3) is 0 Å². The first kappa shape index (κ1) is 12.8. The summed E-state index contributed by atoms with van der Waals surface area (Å²) in [5, 5.41) is 2.97. The number of hydrogen-bond acceptors (Lipinski definition) is 1. The smallest absolute Gasteiger partial charge is 0.230 e. The van der Waals surface area contributed by atoms with Gasteiger partial charge in [-0.1, -0.05) is 45.9 Å². The second kappa shape index (κ2) is 5.15. The summed E-state index contributed by atoms with van der Waals surface area (Å²) in [6.07, 6.45) is 1.89. The van der Waals surface area contributed by atoms with Crippen molar-refractivity contribution in [2.24, 2.45) is 5.41 Å². The summed E-state index contributed by atoms with van der Waals surface area (Å²) < 4.78 is 0. The minimum absolute atomic E-state index is 0.127. The molecule has 0 aromatic heterocycles. The minimum Gasteiger partial charge on any atom is -0.325 e. The molecule has 88 valence electrons. The van der Waals surface area contributed by atoms with Crippen molar-refractivity contribution in [3.05, 3.63) is 29.8 Å². The Balaban J connectivity index is 0.000000606. The fourth-order valence-corrected chi connectivity index (χ4v) is 1.71. The van der Waals surface area contributed by atoms with Crippen LogP contribution in [0.25, 0.3) is 0 Å². The zero-order valence-corrected chi connectivity index (χ0v) is 10.6. The summed E-state index contributed by atoms with van der Waals surface area (Å²) in [6, 6.07) is 8.02. The lowest BCUT2D eigenvalue weighted by atomic mass is 9.87. The fraction of sp³-hybridized carbons (Fsp3) is 0.500. The van der Waals surface area contributed by atoms with Gasteiger partial charge >= 0.3 is 0 Å². The molecule has 2 nitrogen and oxygen atoms in total. The molecule has 0 bridgehead atoms. The summed E-state index contributed by atoms with van der Waals surface area (Å²) in [4.78, 5) is 11.8. The van der Waals surface area contributed by atoms with E-state index in [-0.39, 0.29) is 11.3 Å². The van der Waals surface area contributed by atoms with Gasteiger partial charge in [0.15, 0.2) is 0 Å². The Labute approximate surface area is 98.1 Å². The van der Waals surface area contributed by atoms with E-state index in [1.807, 2.05) is 45.9 Å². The molecule has 0 spiro atoms. The number of para-hydroxylation sites is 1. The van der Waals surface area contributed by atoms with E-state index in [2.05, 4.69) is 11.4 Å². The Hall–Kier alpha value is -1.31. The highest BCUT2D eigenvalue weighted by molar-refractivity contribution is 5.96. The highest BCUT2D eigenvalue weighted by atomic mass is 16.2. The van der Waals surface area contributed by atoms with Crippen molar-refractivity contribution in [3.8, 4) is 0 Å². The van der Waals surface area contributed by atoms with Crippen LogP contribution in [-0.4, -0.2) is 5.91 Å². The van der Waals surface area contributed by atoms with Crippen molar-refractivity contribution in [1.29, 1.82) is 0 Å². The van der Waals surface area contributed by atoms with Crippen molar-refractivity contribution >= 4 is 11.6 Å². The molecular weight excluding hydrogens is 198 g/mol. The molecule has 1 heterocycles. The third kappa shape index (κ3) is 2.63. The van der Waals surface area contributed by atoms with E-state index in [4.69, 9.17) is 0 Å². The molecule has 1 aliphatic heterocycles. The molecule has 0 saturated heterocycles. The Morgan fingerprint density at radius 3 is 2.50 bits per heavy atom. The molecule has 1 N–H and O–H groups in total. The molecule has 0 aliphatic carbocycles. The van der Waals surface area contributed by atoms with Crippen LogP contribution < -0.4 is 5.32 Å². The Morgan fingerprint density at radius 1 is 1.19 bits per heavy atom. The quantitative estimate of drug-likeness (QED) is 0.709. The predicted octanol–water partition coefficient (Wildman–Crippen LogP) is 3.62. The third-order valence-electron chi connectivity index (χ3n) is 2.90. The molecule has 1 amide bonds. The first-order valence-electron chi connectivity index (χ1n) is 5.99. The number of amides is 1. The molecule has 0 unspecified atom stereocenters. The molecule has 0 atom stereocenters. The van der Waals surface area contributed by atoms with E-state index in [1.165, 1.54) is 5.56 Å². The van der Waals surface area contributed by atoms with Crippen molar-refractivity contribution in [3.63, 3.8) is 0 Å². The molecule has 0 fully saturated rings. The number of anilines is 1. The van der Waals surface area contributed by atoms with Crippen molar-refractivity contribution < 1.29 is 4.79 Å². The number of carbonyl (C=O) groups is 1. The van der Waals surface area contributed by atoms with Gasteiger partial charge in [-0.25, -0.2) is 0 Å². The molecule has 1 aromatic rings. The first-order chi connectivity index (χ1) is 7.59. The second-order valence-electron chi connectivity index (χ2n) is 4.50. The van der Waals surface area contributed by atoms with Crippen LogP contribution in [-0.2, 0) is 11.2 Å². The van der Waals surface area contributed by atoms with Crippen LogP contribution in [0.4, 0.5) is 5.69 Å². The summed E-state index contributed by atoms with van der Waals surface area (Å²) in [5.74, 6) is 0.127. The number of fused-ring (bicyclic) bond motifs is 1. The normalized spacial score (nSPS) is 17.4. The number of aryl methyl sites for hydroxylation is 1. The zero-order chi connectivity index (χ0) is 12.2. The van der Waals surface area contributed by atoms with Crippen LogP contribution in [0.5, 0.6) is 0 Å². The average Bonchev–Trinajstić information content (AvgIpc) is 2.40. The number of carbonyl (C=O) groups excluding carboxylic acids is 1. The predicted molar refractivity (Wildman–Crippen MR) is 68.5 cm³/mol. The zero-order valence-electron chi connectivity index (χ0n) is 10.6. The average molecular weight is 219 g/mol. The largest absolute Gasteiger partial charge is 0.325 e. The van der Waals surface area contributed by atoms with Gasteiger partial charge in [-0.15, -0.1) is 0 Å². The van der Waals surface area contributed by atoms with Gasteiger partial charge in [0.05, 0.1) is 0 Å². The number of nitrogens with one attached hydrogen (secondary N) is 1. The monoisotopic (exact) mass is 219 g/mol. The highest BCUT2D eigenvalue weighted by Gasteiger charge is 2.30.